The van der Waals surface area contributed by atoms with Crippen molar-refractivity contribution < 1.29 is 4.79 Å². The van der Waals surface area contributed by atoms with Gasteiger partial charge in [-0.25, -0.2) is 0 Å². The van der Waals surface area contributed by atoms with Gasteiger partial charge in [-0.05, 0) is 24.0 Å². The summed E-state index contributed by atoms with van der Waals surface area (Å²) in [4.78, 5) is 16.6. The van der Waals surface area contributed by atoms with Crippen LogP contribution in [0.25, 0.3) is 0 Å². The molecule has 1 amide bonds. The van der Waals surface area contributed by atoms with Gasteiger partial charge in [-0.3, -0.25) is 4.79 Å². The molecule has 0 saturated carbocycles. The zero-order chi connectivity index (χ0) is 8.13. The second-order valence-electron chi connectivity index (χ2n) is 3.66. The molecule has 4 rings (SSSR count). The summed E-state index contributed by atoms with van der Waals surface area (Å²) in [5, 5.41) is 0. The third kappa shape index (κ3) is 0.636. The lowest BCUT2D eigenvalue weighted by Gasteiger charge is -2.36. The Morgan fingerprint density at radius 1 is 1.50 bits per heavy atom. The number of nitrogens with zero attached hydrogens (tertiary/aromatic N) is 1. The van der Waals surface area contributed by atoms with Crippen LogP contribution in [0.1, 0.15) is 16.1 Å². The Morgan fingerprint density at radius 2 is 2.33 bits per heavy atom. The van der Waals surface area contributed by atoms with Crippen molar-refractivity contribution in [1.82, 2.24) is 9.88 Å². The molecule has 0 unspecified atom stereocenters. The van der Waals surface area contributed by atoms with E-state index in [4.69, 9.17) is 0 Å². The van der Waals surface area contributed by atoms with Crippen molar-refractivity contribution in [3.8, 4) is 0 Å². The number of rotatable bonds is 0. The first-order valence-corrected chi connectivity index (χ1v) is 4.30. The smallest absolute Gasteiger partial charge is 0.270 e. The average Bonchev–Trinajstić information content (AvgIpc) is 2.35. The van der Waals surface area contributed by atoms with Crippen molar-refractivity contribution in [2.24, 2.45) is 5.92 Å². The highest BCUT2D eigenvalue weighted by molar-refractivity contribution is 5.95. The van der Waals surface area contributed by atoms with E-state index in [9.17, 15) is 4.79 Å². The highest BCUT2D eigenvalue weighted by atomic mass is 16.2. The highest BCUT2D eigenvalue weighted by Gasteiger charge is 2.36. The van der Waals surface area contributed by atoms with Gasteiger partial charge in [-0.2, -0.15) is 0 Å². The van der Waals surface area contributed by atoms with E-state index >= 15 is 0 Å². The lowest BCUT2D eigenvalue weighted by Crippen LogP contribution is -2.48. The first-order chi connectivity index (χ1) is 5.84. The van der Waals surface area contributed by atoms with Crippen LogP contribution in [0.3, 0.4) is 0 Å². The molecule has 1 saturated heterocycles. The molecule has 4 heterocycles. The van der Waals surface area contributed by atoms with Crippen molar-refractivity contribution >= 4 is 5.91 Å². The zero-order valence-corrected chi connectivity index (χ0v) is 6.71. The van der Waals surface area contributed by atoms with Crippen LogP contribution in [0.4, 0.5) is 0 Å². The summed E-state index contributed by atoms with van der Waals surface area (Å²) >= 11 is 0. The van der Waals surface area contributed by atoms with Crippen molar-refractivity contribution in [1.29, 1.82) is 0 Å². The Morgan fingerprint density at radius 3 is 3.17 bits per heavy atom. The molecule has 12 heavy (non-hydrogen) atoms. The van der Waals surface area contributed by atoms with Gasteiger partial charge < -0.3 is 9.88 Å². The van der Waals surface area contributed by atoms with E-state index in [2.05, 4.69) is 4.98 Å². The van der Waals surface area contributed by atoms with Crippen LogP contribution in [0.2, 0.25) is 0 Å². The van der Waals surface area contributed by atoms with Crippen LogP contribution in [0.15, 0.2) is 12.3 Å². The van der Waals surface area contributed by atoms with E-state index in [1.807, 2.05) is 17.2 Å². The number of carbonyl (C=O) groups is 1. The fraction of sp³-hybridized carbons (Fsp3) is 0.444. The SMILES string of the molecule is O=C1c2[nH]ccc2CC2CN1C2. The van der Waals surface area contributed by atoms with Gasteiger partial charge in [0.05, 0.1) is 0 Å². The highest BCUT2D eigenvalue weighted by Crippen LogP contribution is 2.28. The largest absolute Gasteiger partial charge is 0.357 e. The molecule has 0 aliphatic carbocycles. The molecule has 0 atom stereocenters. The van der Waals surface area contributed by atoms with Gasteiger partial charge in [0, 0.05) is 19.3 Å². The van der Waals surface area contributed by atoms with Gasteiger partial charge in [-0.15, -0.1) is 0 Å². The number of aromatic nitrogens is 1. The maximum Gasteiger partial charge on any atom is 0.270 e. The van der Waals surface area contributed by atoms with E-state index < -0.39 is 0 Å². The number of hydrogen-bond acceptors (Lipinski definition) is 1. The van der Waals surface area contributed by atoms with Crippen LogP contribution < -0.4 is 0 Å². The standard InChI is InChI=1S/C9H10N2O/c12-9-8-7(1-2-10-8)3-6-4-11(9)5-6/h1-2,6,10H,3-5H2. The van der Waals surface area contributed by atoms with Crippen LogP contribution in [0.5, 0.6) is 0 Å². The lowest BCUT2D eigenvalue weighted by molar-refractivity contribution is 0.0529. The Balaban J connectivity index is 2.13. The maximum absolute atomic E-state index is 11.6. The van der Waals surface area contributed by atoms with Crippen LogP contribution in [-0.2, 0) is 6.42 Å². The summed E-state index contributed by atoms with van der Waals surface area (Å²) in [6, 6.07) is 2.02. The van der Waals surface area contributed by atoms with Crippen molar-refractivity contribution in [3.05, 3.63) is 23.5 Å². The van der Waals surface area contributed by atoms with E-state index in [1.54, 1.807) is 0 Å². The first-order valence-electron chi connectivity index (χ1n) is 4.30. The molecule has 1 fully saturated rings. The molecule has 1 aromatic heterocycles. The van der Waals surface area contributed by atoms with Crippen molar-refractivity contribution in [2.75, 3.05) is 13.1 Å². The fourth-order valence-corrected chi connectivity index (χ4v) is 2.10. The Labute approximate surface area is 70.4 Å². The first kappa shape index (κ1) is 6.29. The maximum atomic E-state index is 11.6. The predicted octanol–water partition coefficient (Wildman–Crippen LogP) is 0.643. The molecular formula is C9H10N2O. The van der Waals surface area contributed by atoms with Crippen molar-refractivity contribution in [3.63, 3.8) is 0 Å². The molecule has 62 valence electrons. The molecule has 3 aliphatic heterocycles. The summed E-state index contributed by atoms with van der Waals surface area (Å²) in [6.45, 7) is 1.92. The number of nitrogens with one attached hydrogen (secondary N) is 1. The predicted molar refractivity (Wildman–Crippen MR) is 43.9 cm³/mol. The van der Waals surface area contributed by atoms with Crippen LogP contribution in [-0.4, -0.2) is 28.9 Å². The molecular weight excluding hydrogens is 152 g/mol. The van der Waals surface area contributed by atoms with E-state index in [0.29, 0.717) is 5.92 Å². The molecule has 0 aromatic carbocycles. The van der Waals surface area contributed by atoms with Gasteiger partial charge in [-0.1, -0.05) is 0 Å². The van der Waals surface area contributed by atoms with Crippen LogP contribution in [0, 0.1) is 5.92 Å². The topological polar surface area (TPSA) is 36.1 Å². The minimum absolute atomic E-state index is 0.184. The summed E-state index contributed by atoms with van der Waals surface area (Å²) in [5.74, 6) is 0.898. The number of amides is 1. The molecule has 3 heteroatoms. The quantitative estimate of drug-likeness (QED) is 0.597. The molecule has 3 nitrogen and oxygen atoms in total. The number of aromatic amines is 1. The van der Waals surface area contributed by atoms with Gasteiger partial charge >= 0.3 is 0 Å². The Bertz CT molecular complexity index is 336. The third-order valence-corrected chi connectivity index (χ3v) is 2.80. The van der Waals surface area contributed by atoms with Crippen molar-refractivity contribution in [2.45, 2.75) is 6.42 Å². The fourth-order valence-electron chi connectivity index (χ4n) is 2.10. The second-order valence-corrected chi connectivity index (χ2v) is 3.66. The van der Waals surface area contributed by atoms with Gasteiger partial charge in [0.2, 0.25) is 0 Å². The van der Waals surface area contributed by atoms with Gasteiger partial charge in [0.1, 0.15) is 5.69 Å². The van der Waals surface area contributed by atoms with E-state index in [0.717, 1.165) is 25.2 Å². The molecule has 1 aromatic rings. The molecule has 2 bridgehead atoms. The lowest BCUT2D eigenvalue weighted by atomic mass is 9.96. The molecule has 0 spiro atoms. The normalized spacial score (nSPS) is 21.7. The molecule has 0 radical (unpaired) electrons. The summed E-state index contributed by atoms with van der Waals surface area (Å²) in [7, 11) is 0. The monoisotopic (exact) mass is 162 g/mol. The van der Waals surface area contributed by atoms with Gasteiger partial charge in [0.25, 0.3) is 5.91 Å². The molecule has 1 N–H and O–H groups in total. The number of hydrogen-bond donors (Lipinski definition) is 1. The number of carbonyl (C=O) groups excluding carboxylic acids is 1. The van der Waals surface area contributed by atoms with E-state index in [-0.39, 0.29) is 5.91 Å². The number of H-pyrrole nitrogens is 1. The molecule has 3 aliphatic rings. The minimum atomic E-state index is 0.184. The van der Waals surface area contributed by atoms with E-state index in [1.165, 1.54) is 5.56 Å². The third-order valence-electron chi connectivity index (χ3n) is 2.80. The second kappa shape index (κ2) is 1.91. The summed E-state index contributed by atoms with van der Waals surface area (Å²) in [6.07, 6.45) is 2.93. The zero-order valence-electron chi connectivity index (χ0n) is 6.71. The summed E-state index contributed by atoms with van der Waals surface area (Å²) in [5.41, 5.74) is 2.01. The Hall–Kier alpha value is -1.25. The van der Waals surface area contributed by atoms with Crippen LogP contribution >= 0.6 is 0 Å². The average molecular weight is 162 g/mol. The van der Waals surface area contributed by atoms with Gasteiger partial charge in [0.15, 0.2) is 0 Å². The summed E-state index contributed by atoms with van der Waals surface area (Å²) < 4.78 is 0. The minimum Gasteiger partial charge on any atom is -0.357 e. The Kier molecular flexibility index (Phi) is 1.00.